The lowest BCUT2D eigenvalue weighted by atomic mass is 9.96. The second kappa shape index (κ2) is 8.87. The van der Waals surface area contributed by atoms with E-state index < -0.39 is 0 Å². The highest BCUT2D eigenvalue weighted by Gasteiger charge is 2.20. The number of carbonyl (C=O) groups excluding carboxylic acids is 1. The van der Waals surface area contributed by atoms with E-state index in [4.69, 9.17) is 0 Å². The number of nitrogens with zero attached hydrogens (tertiary/aromatic N) is 3. The molecule has 0 aliphatic rings. The van der Waals surface area contributed by atoms with E-state index in [1.165, 1.54) is 11.3 Å². The Bertz CT molecular complexity index is 612. The molecule has 0 bridgehead atoms. The van der Waals surface area contributed by atoms with E-state index in [0.717, 1.165) is 18.1 Å². The lowest BCUT2D eigenvalue weighted by molar-refractivity contribution is -0.128. The summed E-state index contributed by atoms with van der Waals surface area (Å²) in [7, 11) is 3.71. The van der Waals surface area contributed by atoms with Crippen molar-refractivity contribution in [2.24, 2.45) is 17.5 Å². The van der Waals surface area contributed by atoms with Crippen LogP contribution in [0.15, 0.2) is 4.99 Å². The van der Waals surface area contributed by atoms with E-state index >= 15 is 0 Å². The number of guanidine groups is 1. The van der Waals surface area contributed by atoms with Crippen molar-refractivity contribution in [1.82, 2.24) is 25.7 Å². The topological polar surface area (TPSA) is 83.3 Å². The largest absolute Gasteiger partial charge is 0.355 e. The normalized spacial score (nSPS) is 13.5. The number of hydrogen-bond acceptors (Lipinski definition) is 3. The molecule has 1 unspecified atom stereocenters. The molecule has 1 rings (SSSR count). The molecule has 1 aromatic rings. The van der Waals surface area contributed by atoms with E-state index in [2.05, 4.69) is 39.9 Å². The third-order valence-electron chi connectivity index (χ3n) is 4.16. The second-order valence-corrected chi connectivity index (χ2v) is 7.53. The standard InChI is InChI=1S/C18H34N6O/c1-12(11-15-13(2)23-24(8)14(15)3)22-17(19-7)21-10-9-20-16(25)18(4,5)6/h12H,9-11H2,1-8H3,(H,20,25)(H2,19,21,22). The zero-order valence-corrected chi connectivity index (χ0v) is 16.9. The zero-order chi connectivity index (χ0) is 19.2. The molecule has 0 aliphatic heterocycles. The van der Waals surface area contributed by atoms with Gasteiger partial charge in [0.1, 0.15) is 0 Å². The Balaban J connectivity index is 2.44. The second-order valence-electron chi connectivity index (χ2n) is 7.53. The van der Waals surface area contributed by atoms with Gasteiger partial charge >= 0.3 is 0 Å². The van der Waals surface area contributed by atoms with Gasteiger partial charge in [-0.2, -0.15) is 5.10 Å². The summed E-state index contributed by atoms with van der Waals surface area (Å²) in [6.45, 7) is 13.2. The van der Waals surface area contributed by atoms with Crippen molar-refractivity contribution in [3.8, 4) is 0 Å². The number of nitrogens with one attached hydrogen (secondary N) is 3. The van der Waals surface area contributed by atoms with Crippen molar-refractivity contribution >= 4 is 11.9 Å². The molecule has 0 aromatic carbocycles. The molecule has 1 heterocycles. The maximum atomic E-state index is 11.8. The van der Waals surface area contributed by atoms with Crippen LogP contribution in [0.3, 0.4) is 0 Å². The zero-order valence-electron chi connectivity index (χ0n) is 16.9. The van der Waals surface area contributed by atoms with Gasteiger partial charge < -0.3 is 16.0 Å². The minimum Gasteiger partial charge on any atom is -0.355 e. The molecule has 0 aliphatic carbocycles. The van der Waals surface area contributed by atoms with Gasteiger partial charge in [-0.05, 0) is 32.8 Å². The van der Waals surface area contributed by atoms with Crippen molar-refractivity contribution in [1.29, 1.82) is 0 Å². The van der Waals surface area contributed by atoms with Crippen LogP contribution >= 0.6 is 0 Å². The number of rotatable bonds is 6. The summed E-state index contributed by atoms with van der Waals surface area (Å²) in [5, 5.41) is 14.0. The van der Waals surface area contributed by atoms with Crippen LogP contribution in [0, 0.1) is 19.3 Å². The van der Waals surface area contributed by atoms with Gasteiger partial charge in [0, 0.05) is 44.3 Å². The Morgan fingerprint density at radius 3 is 2.32 bits per heavy atom. The summed E-state index contributed by atoms with van der Waals surface area (Å²) in [5.41, 5.74) is 3.17. The average Bonchev–Trinajstić information content (AvgIpc) is 2.75. The molecule has 0 spiro atoms. The number of amides is 1. The number of aliphatic imine (C=N–C) groups is 1. The van der Waals surface area contributed by atoms with Gasteiger partial charge in [-0.15, -0.1) is 0 Å². The smallest absolute Gasteiger partial charge is 0.225 e. The van der Waals surface area contributed by atoms with Gasteiger partial charge in [-0.1, -0.05) is 20.8 Å². The summed E-state index contributed by atoms with van der Waals surface area (Å²) in [5.74, 6) is 0.782. The highest BCUT2D eigenvalue weighted by Crippen LogP contribution is 2.14. The monoisotopic (exact) mass is 350 g/mol. The van der Waals surface area contributed by atoms with Crippen LogP contribution in [0.4, 0.5) is 0 Å². The quantitative estimate of drug-likeness (QED) is 0.410. The Labute approximate surface area is 151 Å². The Morgan fingerprint density at radius 2 is 1.84 bits per heavy atom. The highest BCUT2D eigenvalue weighted by molar-refractivity contribution is 5.82. The number of aryl methyl sites for hydroxylation is 2. The molecule has 0 saturated carbocycles. The molecule has 7 nitrogen and oxygen atoms in total. The third-order valence-corrected chi connectivity index (χ3v) is 4.16. The predicted octanol–water partition coefficient (Wildman–Crippen LogP) is 1.30. The van der Waals surface area contributed by atoms with E-state index in [9.17, 15) is 4.79 Å². The molecule has 142 valence electrons. The molecule has 1 aromatic heterocycles. The first-order valence-corrected chi connectivity index (χ1v) is 8.80. The van der Waals surface area contributed by atoms with Gasteiger partial charge in [0.2, 0.25) is 5.91 Å². The van der Waals surface area contributed by atoms with Crippen LogP contribution in [0.1, 0.15) is 44.6 Å². The van der Waals surface area contributed by atoms with Crippen molar-refractivity contribution in [2.75, 3.05) is 20.1 Å². The summed E-state index contributed by atoms with van der Waals surface area (Å²) >= 11 is 0. The minimum atomic E-state index is -0.367. The summed E-state index contributed by atoms with van der Waals surface area (Å²) in [4.78, 5) is 16.1. The lowest BCUT2D eigenvalue weighted by Crippen LogP contribution is -2.46. The first kappa shape index (κ1) is 21.0. The fraction of sp³-hybridized carbons (Fsp3) is 0.722. The number of hydrogen-bond donors (Lipinski definition) is 3. The van der Waals surface area contributed by atoms with Crippen LogP contribution in [-0.2, 0) is 18.3 Å². The molecule has 0 saturated heterocycles. The fourth-order valence-corrected chi connectivity index (χ4v) is 2.52. The van der Waals surface area contributed by atoms with E-state index in [1.807, 2.05) is 39.4 Å². The SMILES string of the molecule is CN=C(NCCNC(=O)C(C)(C)C)NC(C)Cc1c(C)nn(C)c1C. The van der Waals surface area contributed by atoms with Crippen molar-refractivity contribution in [3.05, 3.63) is 17.0 Å². The highest BCUT2D eigenvalue weighted by atomic mass is 16.2. The Hall–Kier alpha value is -2.05. The maximum absolute atomic E-state index is 11.8. The van der Waals surface area contributed by atoms with Gasteiger partial charge in [-0.25, -0.2) is 0 Å². The molecule has 25 heavy (non-hydrogen) atoms. The molecule has 1 atom stereocenters. The van der Waals surface area contributed by atoms with Crippen molar-refractivity contribution < 1.29 is 4.79 Å². The fourth-order valence-electron chi connectivity index (χ4n) is 2.52. The molecule has 3 N–H and O–H groups in total. The molecule has 7 heteroatoms. The van der Waals surface area contributed by atoms with Crippen molar-refractivity contribution in [2.45, 2.75) is 54.0 Å². The number of aromatic nitrogens is 2. The molecule has 0 fully saturated rings. The van der Waals surface area contributed by atoms with Gasteiger partial charge in [-0.3, -0.25) is 14.5 Å². The van der Waals surface area contributed by atoms with Gasteiger partial charge in [0.15, 0.2) is 5.96 Å². The van der Waals surface area contributed by atoms with Crippen LogP contribution in [0.25, 0.3) is 0 Å². The summed E-state index contributed by atoms with van der Waals surface area (Å²) in [6, 6.07) is 0.219. The van der Waals surface area contributed by atoms with Crippen LogP contribution < -0.4 is 16.0 Å². The van der Waals surface area contributed by atoms with E-state index in [0.29, 0.717) is 13.1 Å². The van der Waals surface area contributed by atoms with E-state index in [1.54, 1.807) is 7.05 Å². The molecule has 0 radical (unpaired) electrons. The molecule has 1 amide bonds. The predicted molar refractivity (Wildman–Crippen MR) is 103 cm³/mol. The summed E-state index contributed by atoms with van der Waals surface area (Å²) < 4.78 is 1.92. The van der Waals surface area contributed by atoms with E-state index in [-0.39, 0.29) is 17.4 Å². The first-order valence-electron chi connectivity index (χ1n) is 8.80. The van der Waals surface area contributed by atoms with Crippen LogP contribution in [0.5, 0.6) is 0 Å². The number of carbonyl (C=O) groups is 1. The minimum absolute atomic E-state index is 0.0492. The van der Waals surface area contributed by atoms with Crippen LogP contribution in [0.2, 0.25) is 0 Å². The van der Waals surface area contributed by atoms with Crippen molar-refractivity contribution in [3.63, 3.8) is 0 Å². The lowest BCUT2D eigenvalue weighted by Gasteiger charge is -2.20. The maximum Gasteiger partial charge on any atom is 0.225 e. The summed E-state index contributed by atoms with van der Waals surface area (Å²) in [6.07, 6.45) is 0.882. The van der Waals surface area contributed by atoms with Gasteiger partial charge in [0.25, 0.3) is 0 Å². The Kier molecular flexibility index (Phi) is 7.45. The molecular formula is C18H34N6O. The Morgan fingerprint density at radius 1 is 1.24 bits per heavy atom. The van der Waals surface area contributed by atoms with Gasteiger partial charge in [0.05, 0.1) is 5.69 Å². The molecular weight excluding hydrogens is 316 g/mol. The van der Waals surface area contributed by atoms with Crippen LogP contribution in [-0.4, -0.2) is 47.8 Å². The average molecular weight is 351 g/mol. The first-order chi connectivity index (χ1) is 11.6. The third kappa shape index (κ3) is 6.40.